The number of imidazole rings is 1. The molecule has 2 heterocycles. The monoisotopic (exact) mass is 259 g/mol. The second kappa shape index (κ2) is 4.04. The van der Waals surface area contributed by atoms with Crippen molar-refractivity contribution in [3.8, 4) is 0 Å². The van der Waals surface area contributed by atoms with E-state index in [9.17, 15) is 8.42 Å². The molecule has 7 heteroatoms. The van der Waals surface area contributed by atoms with Gasteiger partial charge >= 0.3 is 0 Å². The number of hydrogen-bond donors (Lipinski definition) is 1. The van der Waals surface area contributed by atoms with Gasteiger partial charge in [0.05, 0.1) is 23.5 Å². The zero-order valence-corrected chi connectivity index (χ0v) is 10.1. The van der Waals surface area contributed by atoms with E-state index in [0.717, 1.165) is 11.9 Å². The first-order chi connectivity index (χ1) is 7.44. The Morgan fingerprint density at radius 2 is 2.19 bits per heavy atom. The largest absolute Gasteiger partial charge is 0.305 e. The number of pyridine rings is 1. The van der Waals surface area contributed by atoms with Crippen LogP contribution in [0.3, 0.4) is 0 Å². The van der Waals surface area contributed by atoms with Gasteiger partial charge in [0.2, 0.25) is 10.0 Å². The predicted molar refractivity (Wildman–Crippen MR) is 61.9 cm³/mol. The highest BCUT2D eigenvalue weighted by Crippen LogP contribution is 2.11. The summed E-state index contributed by atoms with van der Waals surface area (Å²) in [5.41, 5.74) is 1.38. The van der Waals surface area contributed by atoms with Gasteiger partial charge in [-0.05, 0) is 12.1 Å². The Morgan fingerprint density at radius 3 is 2.88 bits per heavy atom. The molecule has 0 spiro atoms. The molecule has 2 aromatic rings. The van der Waals surface area contributed by atoms with Crippen LogP contribution in [0.2, 0.25) is 5.02 Å². The first-order valence-electron chi connectivity index (χ1n) is 4.52. The Morgan fingerprint density at radius 1 is 1.44 bits per heavy atom. The number of sulfonamides is 1. The predicted octanol–water partition coefficient (Wildman–Crippen LogP) is 1.04. The van der Waals surface area contributed by atoms with Gasteiger partial charge in [0.15, 0.2) is 0 Å². The molecule has 0 unspecified atom stereocenters. The van der Waals surface area contributed by atoms with Crippen molar-refractivity contribution in [2.45, 2.75) is 6.54 Å². The lowest BCUT2D eigenvalue weighted by Crippen LogP contribution is -2.21. The van der Waals surface area contributed by atoms with E-state index in [0.29, 0.717) is 10.7 Å². The molecule has 1 N–H and O–H groups in total. The number of aromatic nitrogens is 2. The van der Waals surface area contributed by atoms with E-state index in [1.54, 1.807) is 28.9 Å². The van der Waals surface area contributed by atoms with Gasteiger partial charge in [-0.25, -0.2) is 18.1 Å². The van der Waals surface area contributed by atoms with E-state index < -0.39 is 10.0 Å². The fourth-order valence-electron chi connectivity index (χ4n) is 1.31. The molecule has 0 amide bonds. The highest BCUT2D eigenvalue weighted by atomic mass is 35.5. The summed E-state index contributed by atoms with van der Waals surface area (Å²) in [4.78, 5) is 4.23. The Labute approximate surface area is 98.1 Å². The highest BCUT2D eigenvalue weighted by Gasteiger charge is 2.05. The molecule has 0 aliphatic carbocycles. The van der Waals surface area contributed by atoms with Gasteiger partial charge in [-0.2, -0.15) is 0 Å². The summed E-state index contributed by atoms with van der Waals surface area (Å²) in [6, 6.07) is 3.50. The molecule has 0 aliphatic rings. The van der Waals surface area contributed by atoms with Crippen molar-refractivity contribution in [3.05, 3.63) is 35.2 Å². The van der Waals surface area contributed by atoms with E-state index in [1.165, 1.54) is 0 Å². The van der Waals surface area contributed by atoms with Crippen molar-refractivity contribution < 1.29 is 8.42 Å². The molecule has 5 nitrogen and oxygen atoms in total. The van der Waals surface area contributed by atoms with Gasteiger partial charge in [0.25, 0.3) is 0 Å². The summed E-state index contributed by atoms with van der Waals surface area (Å²) in [6.07, 6.45) is 4.56. The molecule has 0 aliphatic heterocycles. The molecule has 0 saturated carbocycles. The first kappa shape index (κ1) is 11.4. The van der Waals surface area contributed by atoms with Crippen molar-refractivity contribution in [2.24, 2.45) is 0 Å². The van der Waals surface area contributed by atoms with Crippen LogP contribution in [0.4, 0.5) is 0 Å². The Hall–Kier alpha value is -1.11. The molecular formula is C9H10ClN3O2S. The van der Waals surface area contributed by atoms with Gasteiger partial charge < -0.3 is 4.40 Å². The molecule has 16 heavy (non-hydrogen) atoms. The van der Waals surface area contributed by atoms with Crippen LogP contribution in [0.25, 0.3) is 5.65 Å². The van der Waals surface area contributed by atoms with Crippen LogP contribution < -0.4 is 4.72 Å². The second-order valence-corrected chi connectivity index (χ2v) is 5.71. The molecule has 0 aromatic carbocycles. The van der Waals surface area contributed by atoms with Crippen molar-refractivity contribution in [1.82, 2.24) is 14.1 Å². The van der Waals surface area contributed by atoms with E-state index in [-0.39, 0.29) is 6.54 Å². The summed E-state index contributed by atoms with van der Waals surface area (Å²) in [6.45, 7) is 0.179. The lowest BCUT2D eigenvalue weighted by Gasteiger charge is -1.96. The highest BCUT2D eigenvalue weighted by molar-refractivity contribution is 7.88. The fourth-order valence-corrected chi connectivity index (χ4v) is 1.89. The van der Waals surface area contributed by atoms with Crippen LogP contribution in [-0.2, 0) is 16.6 Å². The van der Waals surface area contributed by atoms with Crippen LogP contribution in [0.1, 0.15) is 5.69 Å². The van der Waals surface area contributed by atoms with Crippen molar-refractivity contribution >= 4 is 27.3 Å². The standard InChI is InChI=1S/C9H10ClN3O2S/c1-16(14,15)11-4-8-6-13-5-7(10)2-3-9(13)12-8/h2-3,5-6,11H,4H2,1H3. The molecular weight excluding hydrogens is 250 g/mol. The number of hydrogen-bond acceptors (Lipinski definition) is 3. The molecule has 0 radical (unpaired) electrons. The molecule has 0 saturated heterocycles. The summed E-state index contributed by atoms with van der Waals surface area (Å²) >= 11 is 5.82. The van der Waals surface area contributed by atoms with E-state index in [1.807, 2.05) is 0 Å². The Bertz CT molecular complexity index is 621. The van der Waals surface area contributed by atoms with Gasteiger partial charge in [0, 0.05) is 12.4 Å². The minimum atomic E-state index is -3.19. The topological polar surface area (TPSA) is 63.5 Å². The molecule has 0 atom stereocenters. The van der Waals surface area contributed by atoms with Crippen molar-refractivity contribution in [1.29, 1.82) is 0 Å². The first-order valence-corrected chi connectivity index (χ1v) is 6.79. The maximum absolute atomic E-state index is 10.9. The van der Waals surface area contributed by atoms with E-state index in [4.69, 9.17) is 11.6 Å². The minimum Gasteiger partial charge on any atom is -0.305 e. The number of rotatable bonds is 3. The van der Waals surface area contributed by atoms with Gasteiger partial charge in [-0.3, -0.25) is 0 Å². The van der Waals surface area contributed by atoms with Crippen LogP contribution in [0.5, 0.6) is 0 Å². The zero-order chi connectivity index (χ0) is 11.8. The summed E-state index contributed by atoms with van der Waals surface area (Å²) in [5, 5.41) is 0.604. The van der Waals surface area contributed by atoms with E-state index in [2.05, 4.69) is 9.71 Å². The SMILES string of the molecule is CS(=O)(=O)NCc1cn2cc(Cl)ccc2n1. The normalized spacial score (nSPS) is 12.1. The summed E-state index contributed by atoms with van der Waals surface area (Å²) in [5.74, 6) is 0. The maximum atomic E-state index is 10.9. The number of halogens is 1. The lowest BCUT2D eigenvalue weighted by atomic mass is 10.5. The van der Waals surface area contributed by atoms with Crippen LogP contribution in [0.15, 0.2) is 24.5 Å². The Kier molecular flexibility index (Phi) is 2.88. The quantitative estimate of drug-likeness (QED) is 0.896. The Balaban J connectivity index is 2.26. The second-order valence-electron chi connectivity index (χ2n) is 3.44. The van der Waals surface area contributed by atoms with Gasteiger partial charge in [-0.15, -0.1) is 0 Å². The molecule has 2 aromatic heterocycles. The molecule has 0 fully saturated rings. The van der Waals surface area contributed by atoms with Crippen molar-refractivity contribution in [2.75, 3.05) is 6.26 Å². The summed E-state index contributed by atoms with van der Waals surface area (Å²) < 4.78 is 25.9. The zero-order valence-electron chi connectivity index (χ0n) is 8.51. The van der Waals surface area contributed by atoms with Crippen molar-refractivity contribution in [3.63, 3.8) is 0 Å². The lowest BCUT2D eigenvalue weighted by molar-refractivity contribution is 0.587. The molecule has 0 bridgehead atoms. The van der Waals surface area contributed by atoms with Gasteiger partial charge in [0.1, 0.15) is 5.65 Å². The smallest absolute Gasteiger partial charge is 0.209 e. The number of fused-ring (bicyclic) bond motifs is 1. The average molecular weight is 260 g/mol. The minimum absolute atomic E-state index is 0.179. The fraction of sp³-hybridized carbons (Fsp3) is 0.222. The molecule has 86 valence electrons. The van der Waals surface area contributed by atoms with Gasteiger partial charge in [-0.1, -0.05) is 11.6 Å². The summed E-state index contributed by atoms with van der Waals surface area (Å²) in [7, 11) is -3.19. The average Bonchev–Trinajstić information content (AvgIpc) is 2.55. The maximum Gasteiger partial charge on any atom is 0.209 e. The number of nitrogens with zero attached hydrogens (tertiary/aromatic N) is 2. The van der Waals surface area contributed by atoms with Crippen LogP contribution >= 0.6 is 11.6 Å². The third kappa shape index (κ3) is 2.72. The third-order valence-electron chi connectivity index (χ3n) is 1.98. The number of nitrogens with one attached hydrogen (secondary N) is 1. The molecule has 2 rings (SSSR count). The van der Waals surface area contributed by atoms with Crippen LogP contribution in [0, 0.1) is 0 Å². The van der Waals surface area contributed by atoms with E-state index >= 15 is 0 Å². The van der Waals surface area contributed by atoms with Crippen LogP contribution in [-0.4, -0.2) is 24.1 Å². The third-order valence-corrected chi connectivity index (χ3v) is 2.87.